The van der Waals surface area contributed by atoms with Crippen LogP contribution in [0.1, 0.15) is 21.6 Å². The number of carbonyl (C=O) groups is 1. The summed E-state index contributed by atoms with van der Waals surface area (Å²) in [5.41, 5.74) is 1.03. The van der Waals surface area contributed by atoms with Crippen LogP contribution in [0.25, 0.3) is 0 Å². The Labute approximate surface area is 125 Å². The van der Waals surface area contributed by atoms with Crippen molar-refractivity contribution in [3.63, 3.8) is 0 Å². The number of aryl methyl sites for hydroxylation is 1. The van der Waals surface area contributed by atoms with Crippen molar-refractivity contribution in [1.29, 1.82) is 0 Å². The van der Waals surface area contributed by atoms with Gasteiger partial charge in [-0.2, -0.15) is 5.10 Å². The first-order valence-corrected chi connectivity index (χ1v) is 6.45. The van der Waals surface area contributed by atoms with Gasteiger partial charge in [0, 0.05) is 23.9 Å². The maximum atomic E-state index is 12.5. The lowest BCUT2D eigenvalue weighted by Gasteiger charge is -2.02. The van der Waals surface area contributed by atoms with Crippen LogP contribution >= 0.6 is 11.6 Å². The minimum Gasteiger partial charge on any atom is -0.288 e. The van der Waals surface area contributed by atoms with E-state index in [0.29, 0.717) is 17.8 Å². The lowest BCUT2D eigenvalue weighted by Crippen LogP contribution is -2.03. The van der Waals surface area contributed by atoms with Crippen LogP contribution in [0.2, 0.25) is 5.02 Å². The highest BCUT2D eigenvalue weighted by Crippen LogP contribution is 2.25. The van der Waals surface area contributed by atoms with E-state index in [4.69, 9.17) is 11.6 Å². The third kappa shape index (κ3) is 3.00. The zero-order valence-corrected chi connectivity index (χ0v) is 12.0. The van der Waals surface area contributed by atoms with Crippen molar-refractivity contribution >= 4 is 23.1 Å². The average molecular weight is 306 g/mol. The van der Waals surface area contributed by atoms with Crippen molar-refractivity contribution in [1.82, 2.24) is 9.78 Å². The van der Waals surface area contributed by atoms with Crippen LogP contribution in [0.4, 0.5) is 5.69 Å². The molecule has 108 valence electrons. The number of ketones is 1. The fraction of sp³-hybridized carbons (Fsp3) is 0.143. The van der Waals surface area contributed by atoms with Gasteiger partial charge in [-0.1, -0.05) is 17.7 Å². The first kappa shape index (κ1) is 14.9. The lowest BCUT2D eigenvalue weighted by molar-refractivity contribution is -0.384. The van der Waals surface area contributed by atoms with E-state index in [1.54, 1.807) is 23.9 Å². The summed E-state index contributed by atoms with van der Waals surface area (Å²) in [6.07, 6.45) is 3.27. The third-order valence-corrected chi connectivity index (χ3v) is 3.23. The van der Waals surface area contributed by atoms with Gasteiger partial charge in [0.05, 0.1) is 27.7 Å². The molecule has 0 saturated carbocycles. The number of nitro groups is 1. The van der Waals surface area contributed by atoms with Crippen LogP contribution < -0.4 is 0 Å². The molecule has 0 atom stereocenters. The molecule has 0 amide bonds. The zero-order valence-electron chi connectivity index (χ0n) is 11.2. The summed E-state index contributed by atoms with van der Waals surface area (Å²) in [6, 6.07) is 3.77. The molecule has 0 unspecified atom stereocenters. The second-order valence-corrected chi connectivity index (χ2v) is 4.80. The molecule has 0 spiro atoms. The van der Waals surface area contributed by atoms with E-state index in [1.807, 2.05) is 0 Å². The van der Waals surface area contributed by atoms with E-state index >= 15 is 0 Å². The lowest BCUT2D eigenvalue weighted by atomic mass is 10.0. The molecule has 0 fully saturated rings. The van der Waals surface area contributed by atoms with E-state index in [9.17, 15) is 14.9 Å². The number of aromatic nitrogens is 2. The number of nitro benzene ring substituents is 1. The fourth-order valence-electron chi connectivity index (χ4n) is 1.91. The predicted molar refractivity (Wildman–Crippen MR) is 78.7 cm³/mol. The first-order chi connectivity index (χ1) is 9.93. The minimum absolute atomic E-state index is 0.0464. The number of rotatable bonds is 5. The largest absolute Gasteiger partial charge is 0.288 e. The van der Waals surface area contributed by atoms with Crippen molar-refractivity contribution in [2.24, 2.45) is 0 Å². The minimum atomic E-state index is -0.562. The molecule has 2 rings (SSSR count). The van der Waals surface area contributed by atoms with E-state index in [2.05, 4.69) is 11.7 Å². The smallest absolute Gasteiger partial charge is 0.270 e. The monoisotopic (exact) mass is 305 g/mol. The maximum absolute atomic E-state index is 12.5. The molecule has 21 heavy (non-hydrogen) atoms. The van der Waals surface area contributed by atoms with Gasteiger partial charge in [0.2, 0.25) is 0 Å². The number of allylic oxidation sites excluding steroid dienone is 1. The zero-order chi connectivity index (χ0) is 15.6. The molecule has 0 saturated heterocycles. The quantitative estimate of drug-likeness (QED) is 0.368. The van der Waals surface area contributed by atoms with Gasteiger partial charge in [0.25, 0.3) is 5.69 Å². The average Bonchev–Trinajstić information content (AvgIpc) is 2.79. The molecule has 1 aromatic carbocycles. The molecule has 1 heterocycles. The normalized spacial score (nSPS) is 10.4. The van der Waals surface area contributed by atoms with Crippen molar-refractivity contribution in [2.45, 2.75) is 13.5 Å². The summed E-state index contributed by atoms with van der Waals surface area (Å²) in [5.74, 6) is -0.317. The Morgan fingerprint density at radius 3 is 2.81 bits per heavy atom. The van der Waals surface area contributed by atoms with Crippen molar-refractivity contribution in [2.75, 3.05) is 0 Å². The Hall–Kier alpha value is -2.47. The van der Waals surface area contributed by atoms with Crippen LogP contribution in [0.3, 0.4) is 0 Å². The molecule has 0 aliphatic rings. The number of non-ortho nitro benzene ring substituents is 1. The van der Waals surface area contributed by atoms with Crippen molar-refractivity contribution in [3.05, 3.63) is 69.0 Å². The van der Waals surface area contributed by atoms with Gasteiger partial charge in [0.15, 0.2) is 5.78 Å². The van der Waals surface area contributed by atoms with E-state index < -0.39 is 4.92 Å². The molecular formula is C14H12ClN3O3. The van der Waals surface area contributed by atoms with Gasteiger partial charge in [0.1, 0.15) is 0 Å². The highest BCUT2D eigenvalue weighted by atomic mass is 35.5. The summed E-state index contributed by atoms with van der Waals surface area (Å²) in [5, 5.41) is 14.9. The molecule has 0 aliphatic heterocycles. The van der Waals surface area contributed by atoms with Crippen molar-refractivity contribution in [3.8, 4) is 0 Å². The van der Waals surface area contributed by atoms with Crippen molar-refractivity contribution < 1.29 is 9.72 Å². The van der Waals surface area contributed by atoms with Crippen LogP contribution in [-0.2, 0) is 6.54 Å². The number of halogens is 1. The predicted octanol–water partition coefficient (Wildman–Crippen LogP) is 3.17. The maximum Gasteiger partial charge on any atom is 0.270 e. The van der Waals surface area contributed by atoms with Gasteiger partial charge in [-0.3, -0.25) is 19.6 Å². The Morgan fingerprint density at radius 2 is 2.24 bits per heavy atom. The summed E-state index contributed by atoms with van der Waals surface area (Å²) in [6.45, 7) is 5.81. The van der Waals surface area contributed by atoms with E-state index in [0.717, 1.165) is 6.07 Å². The van der Waals surface area contributed by atoms with Gasteiger partial charge < -0.3 is 0 Å². The second kappa shape index (κ2) is 5.88. The second-order valence-electron chi connectivity index (χ2n) is 4.39. The van der Waals surface area contributed by atoms with Gasteiger partial charge in [-0.05, 0) is 13.0 Å². The Kier molecular flexibility index (Phi) is 4.18. The summed E-state index contributed by atoms with van der Waals surface area (Å²) >= 11 is 5.97. The number of hydrogen-bond donors (Lipinski definition) is 0. The van der Waals surface area contributed by atoms with Gasteiger partial charge >= 0.3 is 0 Å². The van der Waals surface area contributed by atoms with Crippen LogP contribution in [0.5, 0.6) is 0 Å². The molecule has 0 N–H and O–H groups in total. The SMILES string of the molecule is C=CCn1cc(C(=O)c2ccc([N+](=O)[O-])cc2Cl)c(C)n1. The number of carbonyl (C=O) groups excluding carboxylic acids is 1. The van der Waals surface area contributed by atoms with E-state index in [-0.39, 0.29) is 22.1 Å². The molecular weight excluding hydrogens is 294 g/mol. The first-order valence-electron chi connectivity index (χ1n) is 6.07. The molecule has 2 aromatic rings. The Bertz CT molecular complexity index is 737. The summed E-state index contributed by atoms with van der Waals surface area (Å²) < 4.78 is 1.59. The molecule has 7 heteroatoms. The fourth-order valence-corrected chi connectivity index (χ4v) is 2.17. The Balaban J connectivity index is 2.40. The third-order valence-electron chi connectivity index (χ3n) is 2.92. The van der Waals surface area contributed by atoms with Crippen LogP contribution in [0.15, 0.2) is 37.1 Å². The summed E-state index contributed by atoms with van der Waals surface area (Å²) in [4.78, 5) is 22.6. The van der Waals surface area contributed by atoms with Crippen LogP contribution in [-0.4, -0.2) is 20.5 Å². The van der Waals surface area contributed by atoms with E-state index in [1.165, 1.54) is 12.1 Å². The highest BCUT2D eigenvalue weighted by Gasteiger charge is 2.19. The molecule has 0 aliphatic carbocycles. The highest BCUT2D eigenvalue weighted by molar-refractivity contribution is 6.35. The Morgan fingerprint density at radius 1 is 1.52 bits per heavy atom. The number of benzene rings is 1. The number of hydrogen-bond acceptors (Lipinski definition) is 4. The molecule has 0 radical (unpaired) electrons. The van der Waals surface area contributed by atoms with Crippen LogP contribution in [0, 0.1) is 17.0 Å². The topological polar surface area (TPSA) is 78.0 Å². The number of nitrogens with zero attached hydrogens (tertiary/aromatic N) is 3. The molecule has 1 aromatic heterocycles. The van der Waals surface area contributed by atoms with Gasteiger partial charge in [-0.15, -0.1) is 6.58 Å². The summed E-state index contributed by atoms with van der Waals surface area (Å²) in [7, 11) is 0. The van der Waals surface area contributed by atoms with Gasteiger partial charge in [-0.25, -0.2) is 0 Å². The molecule has 0 bridgehead atoms. The standard InChI is InChI=1S/C14H12ClN3O3/c1-3-6-17-8-12(9(2)16-17)14(19)11-5-4-10(18(20)21)7-13(11)15/h3-5,7-8H,1,6H2,2H3. The molecule has 6 nitrogen and oxygen atoms in total.